The molecule has 0 aliphatic carbocycles. The lowest BCUT2D eigenvalue weighted by molar-refractivity contribution is -0.121. The zero-order valence-electron chi connectivity index (χ0n) is 17.5. The van der Waals surface area contributed by atoms with E-state index in [9.17, 15) is 4.79 Å². The Hall–Kier alpha value is -2.13. The molecule has 1 N–H and O–H groups in total. The van der Waals surface area contributed by atoms with E-state index in [1.807, 2.05) is 6.07 Å². The van der Waals surface area contributed by atoms with Crippen LogP contribution in [0.25, 0.3) is 0 Å². The van der Waals surface area contributed by atoms with Gasteiger partial charge in [-0.05, 0) is 41.4 Å². The van der Waals surface area contributed by atoms with Crippen molar-refractivity contribution in [3.05, 3.63) is 71.3 Å². The molecule has 1 saturated heterocycles. The number of ether oxygens (including phenoxy) is 1. The molecular formula is C25H33NO2. The molecule has 1 heterocycles. The van der Waals surface area contributed by atoms with Crippen LogP contribution >= 0.6 is 0 Å². The number of carbonyl (C=O) groups excluding carboxylic acids is 1. The molecule has 0 unspecified atom stereocenters. The quantitative estimate of drug-likeness (QED) is 0.784. The Kier molecular flexibility index (Phi) is 6.56. The average Bonchev–Trinajstić information content (AvgIpc) is 2.72. The minimum absolute atomic E-state index is 0.0104. The third kappa shape index (κ3) is 5.23. The zero-order chi connectivity index (χ0) is 20.0. The van der Waals surface area contributed by atoms with Crippen LogP contribution in [0.2, 0.25) is 0 Å². The highest BCUT2D eigenvalue weighted by atomic mass is 16.5. The number of hydrogen-bond donors (Lipinski definition) is 1. The number of amides is 1. The van der Waals surface area contributed by atoms with Gasteiger partial charge < -0.3 is 10.1 Å². The van der Waals surface area contributed by atoms with Gasteiger partial charge in [-0.25, -0.2) is 0 Å². The number of hydrogen-bond acceptors (Lipinski definition) is 2. The summed E-state index contributed by atoms with van der Waals surface area (Å²) in [6, 6.07) is 19.2. The summed E-state index contributed by atoms with van der Waals surface area (Å²) >= 11 is 0. The summed E-state index contributed by atoms with van der Waals surface area (Å²) in [5, 5.41) is 3.20. The second kappa shape index (κ2) is 8.91. The van der Waals surface area contributed by atoms with Crippen LogP contribution < -0.4 is 5.32 Å². The van der Waals surface area contributed by atoms with E-state index in [-0.39, 0.29) is 16.7 Å². The second-order valence-corrected chi connectivity index (χ2v) is 8.98. The fraction of sp³-hybridized carbons (Fsp3) is 0.480. The largest absolute Gasteiger partial charge is 0.381 e. The van der Waals surface area contributed by atoms with E-state index in [0.717, 1.165) is 32.5 Å². The molecular weight excluding hydrogens is 346 g/mol. The fourth-order valence-electron chi connectivity index (χ4n) is 3.91. The maximum Gasteiger partial charge on any atom is 0.220 e. The third-order valence-electron chi connectivity index (χ3n) is 5.92. The first-order valence-electron chi connectivity index (χ1n) is 10.4. The number of benzene rings is 2. The van der Waals surface area contributed by atoms with Gasteiger partial charge in [0.05, 0.1) is 0 Å². The van der Waals surface area contributed by atoms with Gasteiger partial charge in [-0.15, -0.1) is 0 Å². The lowest BCUT2D eigenvalue weighted by Gasteiger charge is -2.38. The summed E-state index contributed by atoms with van der Waals surface area (Å²) in [7, 11) is 0. The molecule has 0 aromatic heterocycles. The Labute approximate surface area is 169 Å². The maximum atomic E-state index is 12.5. The highest BCUT2D eigenvalue weighted by molar-refractivity contribution is 5.76. The predicted octanol–water partition coefficient (Wildman–Crippen LogP) is 4.78. The number of rotatable bonds is 6. The summed E-state index contributed by atoms with van der Waals surface area (Å²) < 4.78 is 5.58. The van der Waals surface area contributed by atoms with Crippen LogP contribution in [0.5, 0.6) is 0 Å². The van der Waals surface area contributed by atoms with Gasteiger partial charge in [-0.1, -0.05) is 75.4 Å². The third-order valence-corrected chi connectivity index (χ3v) is 5.92. The monoisotopic (exact) mass is 379 g/mol. The molecule has 1 amide bonds. The maximum absolute atomic E-state index is 12.5. The van der Waals surface area contributed by atoms with Crippen LogP contribution in [0.1, 0.15) is 56.7 Å². The molecule has 28 heavy (non-hydrogen) atoms. The Bertz CT molecular complexity index is 753. The van der Waals surface area contributed by atoms with E-state index in [1.165, 1.54) is 16.7 Å². The van der Waals surface area contributed by atoms with E-state index < -0.39 is 0 Å². The molecule has 2 aromatic rings. The molecule has 1 fully saturated rings. The number of nitrogens with one attached hydrogen (secondary N) is 1. The Morgan fingerprint density at radius 3 is 2.25 bits per heavy atom. The molecule has 1 aliphatic rings. The molecule has 3 nitrogen and oxygen atoms in total. The Morgan fingerprint density at radius 1 is 1.00 bits per heavy atom. The molecule has 150 valence electrons. The highest BCUT2D eigenvalue weighted by Gasteiger charge is 2.34. The van der Waals surface area contributed by atoms with E-state index >= 15 is 0 Å². The van der Waals surface area contributed by atoms with Crippen molar-refractivity contribution in [1.82, 2.24) is 5.32 Å². The minimum Gasteiger partial charge on any atom is -0.381 e. The van der Waals surface area contributed by atoms with E-state index in [2.05, 4.69) is 74.6 Å². The van der Waals surface area contributed by atoms with Gasteiger partial charge in [0.15, 0.2) is 0 Å². The van der Waals surface area contributed by atoms with Gasteiger partial charge in [0.1, 0.15) is 0 Å². The molecule has 1 aliphatic heterocycles. The Morgan fingerprint density at radius 2 is 1.64 bits per heavy atom. The number of carbonyl (C=O) groups is 1. The molecule has 3 rings (SSSR count). The van der Waals surface area contributed by atoms with Crippen LogP contribution in [-0.2, 0) is 26.8 Å². The lowest BCUT2D eigenvalue weighted by atomic mass is 9.74. The van der Waals surface area contributed by atoms with Crippen molar-refractivity contribution in [3.63, 3.8) is 0 Å². The molecule has 0 radical (unpaired) electrons. The van der Waals surface area contributed by atoms with Crippen LogP contribution in [-0.4, -0.2) is 25.7 Å². The summed E-state index contributed by atoms with van der Waals surface area (Å²) in [6.07, 6.45) is 3.20. The van der Waals surface area contributed by atoms with Crippen molar-refractivity contribution >= 4 is 5.91 Å². The zero-order valence-corrected chi connectivity index (χ0v) is 17.5. The lowest BCUT2D eigenvalue weighted by Crippen LogP contribution is -2.44. The smallest absolute Gasteiger partial charge is 0.220 e. The SMILES string of the molecule is CC(C)(C)c1ccc(CCC(=O)NCC2(c3ccccc3)CCOCC2)cc1. The molecule has 0 bridgehead atoms. The molecule has 2 aromatic carbocycles. The van der Waals surface area contributed by atoms with E-state index in [1.54, 1.807) is 0 Å². The van der Waals surface area contributed by atoms with Gasteiger partial charge in [-0.3, -0.25) is 4.79 Å². The first-order valence-corrected chi connectivity index (χ1v) is 10.4. The van der Waals surface area contributed by atoms with Crippen LogP contribution in [0, 0.1) is 0 Å². The summed E-state index contributed by atoms with van der Waals surface area (Å²) in [5.74, 6) is 0.127. The predicted molar refractivity (Wildman–Crippen MR) is 115 cm³/mol. The first-order chi connectivity index (χ1) is 13.4. The second-order valence-electron chi connectivity index (χ2n) is 8.98. The van der Waals surface area contributed by atoms with Gasteiger partial charge >= 0.3 is 0 Å². The first kappa shape index (κ1) is 20.6. The average molecular weight is 380 g/mol. The van der Waals surface area contributed by atoms with Crippen molar-refractivity contribution in [1.29, 1.82) is 0 Å². The minimum atomic E-state index is -0.0104. The highest BCUT2D eigenvalue weighted by Crippen LogP contribution is 2.34. The molecule has 0 atom stereocenters. The standard InChI is InChI=1S/C25H33NO2/c1-24(2,3)21-12-9-20(10-13-21)11-14-23(27)26-19-25(15-17-28-18-16-25)22-7-5-4-6-8-22/h4-10,12-13H,11,14-19H2,1-3H3,(H,26,27). The molecule has 0 spiro atoms. The van der Waals surface area contributed by atoms with Crippen molar-refractivity contribution in [2.45, 2.75) is 57.3 Å². The number of aryl methyl sites for hydroxylation is 1. The van der Waals surface area contributed by atoms with Crippen LogP contribution in [0.15, 0.2) is 54.6 Å². The molecule has 3 heteroatoms. The Balaban J connectivity index is 1.55. The topological polar surface area (TPSA) is 38.3 Å². The summed E-state index contributed by atoms with van der Waals surface area (Å²) in [5.41, 5.74) is 3.99. The van der Waals surface area contributed by atoms with E-state index in [0.29, 0.717) is 13.0 Å². The van der Waals surface area contributed by atoms with Crippen molar-refractivity contribution in [3.8, 4) is 0 Å². The van der Waals surface area contributed by atoms with Gasteiger partial charge in [0.25, 0.3) is 0 Å². The summed E-state index contributed by atoms with van der Waals surface area (Å²) in [6.45, 7) is 8.84. The van der Waals surface area contributed by atoms with Crippen LogP contribution in [0.4, 0.5) is 0 Å². The van der Waals surface area contributed by atoms with Crippen LogP contribution in [0.3, 0.4) is 0 Å². The van der Waals surface area contributed by atoms with Gasteiger partial charge in [-0.2, -0.15) is 0 Å². The normalized spacial score (nSPS) is 16.5. The van der Waals surface area contributed by atoms with Crippen molar-refractivity contribution in [2.24, 2.45) is 0 Å². The van der Waals surface area contributed by atoms with E-state index in [4.69, 9.17) is 4.74 Å². The summed E-state index contributed by atoms with van der Waals surface area (Å²) in [4.78, 5) is 12.5. The molecule has 0 saturated carbocycles. The van der Waals surface area contributed by atoms with Gasteiger partial charge in [0, 0.05) is 31.6 Å². The van der Waals surface area contributed by atoms with Crippen molar-refractivity contribution in [2.75, 3.05) is 19.8 Å². The fourth-order valence-corrected chi connectivity index (χ4v) is 3.91. The van der Waals surface area contributed by atoms with Gasteiger partial charge in [0.2, 0.25) is 5.91 Å². The van der Waals surface area contributed by atoms with Crippen molar-refractivity contribution < 1.29 is 9.53 Å².